The Labute approximate surface area is 257 Å². The number of fused-ring (bicyclic) bond motifs is 1. The maximum atomic E-state index is 14.6. The van der Waals surface area contributed by atoms with Gasteiger partial charge in [-0.3, -0.25) is 14.4 Å². The van der Waals surface area contributed by atoms with Crippen LogP contribution in [0.25, 0.3) is 16.8 Å². The molecule has 5 aromatic carbocycles. The molecule has 0 atom stereocenters. The van der Waals surface area contributed by atoms with Crippen molar-refractivity contribution in [2.75, 3.05) is 16.4 Å². The number of nitrogens with one attached hydrogen (secondary N) is 3. The summed E-state index contributed by atoms with van der Waals surface area (Å²) in [7, 11) is 0. The van der Waals surface area contributed by atoms with Crippen LogP contribution in [-0.2, 0) is 9.59 Å². The van der Waals surface area contributed by atoms with E-state index in [1.165, 1.54) is 36.0 Å². The van der Waals surface area contributed by atoms with Gasteiger partial charge in [-0.25, -0.2) is 4.39 Å². The van der Waals surface area contributed by atoms with Gasteiger partial charge in [-0.15, -0.1) is 11.8 Å². The Morgan fingerprint density at radius 3 is 2.33 bits per heavy atom. The van der Waals surface area contributed by atoms with Crippen LogP contribution in [0.5, 0.6) is 0 Å². The first-order chi connectivity index (χ1) is 20.9. The Morgan fingerprint density at radius 1 is 0.791 bits per heavy atom. The SMILES string of the molecule is O=C(CSc1cccc(NC(=O)/C(=C\c2c(F)cccc2Cl)NC(=O)c2ccccc2)c1)Nc1cccc2ccccc12. The Morgan fingerprint density at radius 2 is 1.51 bits per heavy atom. The molecule has 0 radical (unpaired) electrons. The summed E-state index contributed by atoms with van der Waals surface area (Å²) in [5.41, 5.74) is 1.24. The minimum absolute atomic E-state index is 0.0378. The molecule has 0 unspecified atom stereocenters. The van der Waals surface area contributed by atoms with Crippen LogP contribution in [0.1, 0.15) is 15.9 Å². The van der Waals surface area contributed by atoms with Crippen molar-refractivity contribution in [3.8, 4) is 0 Å². The van der Waals surface area contributed by atoms with E-state index in [0.717, 1.165) is 21.4 Å². The summed E-state index contributed by atoms with van der Waals surface area (Å²) >= 11 is 7.49. The lowest BCUT2D eigenvalue weighted by atomic mass is 10.1. The highest BCUT2D eigenvalue weighted by Gasteiger charge is 2.17. The summed E-state index contributed by atoms with van der Waals surface area (Å²) in [4.78, 5) is 39.7. The maximum Gasteiger partial charge on any atom is 0.272 e. The second-order valence-electron chi connectivity index (χ2n) is 9.36. The van der Waals surface area contributed by atoms with Gasteiger partial charge in [0.05, 0.1) is 10.8 Å². The third-order valence-electron chi connectivity index (χ3n) is 6.34. The van der Waals surface area contributed by atoms with Crippen molar-refractivity contribution in [2.45, 2.75) is 4.90 Å². The molecular weight excluding hydrogens is 585 g/mol. The molecular formula is C34H25ClFN3O3S. The van der Waals surface area contributed by atoms with Gasteiger partial charge in [0.25, 0.3) is 11.8 Å². The second-order valence-corrected chi connectivity index (χ2v) is 10.8. The Kier molecular flexibility index (Phi) is 9.51. The molecule has 0 aromatic heterocycles. The fraction of sp³-hybridized carbons (Fsp3) is 0.0294. The van der Waals surface area contributed by atoms with E-state index in [4.69, 9.17) is 11.6 Å². The molecule has 3 N–H and O–H groups in total. The van der Waals surface area contributed by atoms with Gasteiger partial charge in [-0.1, -0.05) is 78.3 Å². The lowest BCUT2D eigenvalue weighted by molar-refractivity contribution is -0.114. The highest BCUT2D eigenvalue weighted by molar-refractivity contribution is 8.00. The first-order valence-electron chi connectivity index (χ1n) is 13.2. The van der Waals surface area contributed by atoms with E-state index in [1.54, 1.807) is 48.5 Å². The lowest BCUT2D eigenvalue weighted by Crippen LogP contribution is -2.30. The van der Waals surface area contributed by atoms with Gasteiger partial charge in [0.15, 0.2) is 0 Å². The van der Waals surface area contributed by atoms with Gasteiger partial charge in [-0.2, -0.15) is 0 Å². The highest BCUT2D eigenvalue weighted by Crippen LogP contribution is 2.26. The van der Waals surface area contributed by atoms with Crippen molar-refractivity contribution in [3.63, 3.8) is 0 Å². The number of thioether (sulfide) groups is 1. The van der Waals surface area contributed by atoms with Gasteiger partial charge in [-0.05, 0) is 60.0 Å². The molecule has 5 rings (SSSR count). The average Bonchev–Trinajstić information content (AvgIpc) is 3.02. The average molecular weight is 610 g/mol. The molecule has 0 heterocycles. The van der Waals surface area contributed by atoms with E-state index in [0.29, 0.717) is 11.3 Å². The van der Waals surface area contributed by atoms with E-state index >= 15 is 0 Å². The van der Waals surface area contributed by atoms with Crippen molar-refractivity contribution in [1.82, 2.24) is 5.32 Å². The number of halogens is 2. The topological polar surface area (TPSA) is 87.3 Å². The molecule has 0 saturated carbocycles. The number of rotatable bonds is 9. The van der Waals surface area contributed by atoms with Gasteiger partial charge in [0, 0.05) is 32.8 Å². The summed E-state index contributed by atoms with van der Waals surface area (Å²) in [6.07, 6.45) is 1.20. The molecule has 9 heteroatoms. The summed E-state index contributed by atoms with van der Waals surface area (Å²) in [6.45, 7) is 0. The van der Waals surface area contributed by atoms with Crippen molar-refractivity contribution < 1.29 is 18.8 Å². The normalized spacial score (nSPS) is 11.2. The molecule has 43 heavy (non-hydrogen) atoms. The highest BCUT2D eigenvalue weighted by atomic mass is 35.5. The van der Waals surface area contributed by atoms with Crippen LogP contribution in [-0.4, -0.2) is 23.5 Å². The van der Waals surface area contributed by atoms with Crippen LogP contribution >= 0.6 is 23.4 Å². The molecule has 0 aliphatic heterocycles. The third-order valence-corrected chi connectivity index (χ3v) is 7.67. The van der Waals surface area contributed by atoms with Gasteiger partial charge in [0.1, 0.15) is 11.5 Å². The number of benzene rings is 5. The van der Waals surface area contributed by atoms with Gasteiger partial charge < -0.3 is 16.0 Å². The quantitative estimate of drug-likeness (QED) is 0.118. The molecule has 6 nitrogen and oxygen atoms in total. The van der Waals surface area contributed by atoms with Crippen LogP contribution in [0.3, 0.4) is 0 Å². The van der Waals surface area contributed by atoms with E-state index in [9.17, 15) is 18.8 Å². The predicted octanol–water partition coefficient (Wildman–Crippen LogP) is 7.77. The summed E-state index contributed by atoms with van der Waals surface area (Å²) in [6, 6.07) is 33.0. The standard InChI is InChI=1S/C34H25ClFN3O3S/c35-28-16-8-17-29(36)27(28)20-31(39-33(41)23-10-2-1-3-11-23)34(42)37-24-13-7-14-25(19-24)43-21-32(40)38-30-18-6-12-22-9-4-5-15-26(22)30/h1-20H,21H2,(H,37,42)(H,38,40)(H,39,41)/b31-20+. The number of carbonyl (C=O) groups excluding carboxylic acids is 3. The smallest absolute Gasteiger partial charge is 0.272 e. The largest absolute Gasteiger partial charge is 0.325 e. The molecule has 0 bridgehead atoms. The second kappa shape index (κ2) is 13.8. The molecule has 0 fully saturated rings. The van der Waals surface area contributed by atoms with Crippen LogP contribution in [0.15, 0.2) is 126 Å². The number of hydrogen-bond donors (Lipinski definition) is 3. The fourth-order valence-electron chi connectivity index (χ4n) is 4.27. The van der Waals surface area contributed by atoms with Crippen LogP contribution in [0.2, 0.25) is 5.02 Å². The van der Waals surface area contributed by atoms with E-state index in [-0.39, 0.29) is 27.9 Å². The zero-order valence-electron chi connectivity index (χ0n) is 22.6. The minimum Gasteiger partial charge on any atom is -0.325 e. The lowest BCUT2D eigenvalue weighted by Gasteiger charge is -2.13. The van der Waals surface area contributed by atoms with E-state index in [1.807, 2.05) is 48.5 Å². The Bertz CT molecular complexity index is 1820. The van der Waals surface area contributed by atoms with Crippen molar-refractivity contribution in [2.24, 2.45) is 0 Å². The predicted molar refractivity (Wildman–Crippen MR) is 172 cm³/mol. The maximum absolute atomic E-state index is 14.6. The van der Waals surface area contributed by atoms with Crippen LogP contribution in [0.4, 0.5) is 15.8 Å². The van der Waals surface area contributed by atoms with Crippen molar-refractivity contribution in [1.29, 1.82) is 0 Å². The third kappa shape index (κ3) is 7.68. The Balaban J connectivity index is 1.29. The molecule has 3 amide bonds. The monoisotopic (exact) mass is 609 g/mol. The zero-order valence-corrected chi connectivity index (χ0v) is 24.2. The van der Waals surface area contributed by atoms with Gasteiger partial charge >= 0.3 is 0 Å². The van der Waals surface area contributed by atoms with E-state index < -0.39 is 17.6 Å². The van der Waals surface area contributed by atoms with Crippen LogP contribution in [0, 0.1) is 5.82 Å². The Hall–Kier alpha value is -4.92. The molecule has 0 spiro atoms. The summed E-state index contributed by atoms with van der Waals surface area (Å²) in [5.74, 6) is -1.90. The van der Waals surface area contributed by atoms with E-state index in [2.05, 4.69) is 16.0 Å². The first-order valence-corrected chi connectivity index (χ1v) is 14.6. The molecule has 214 valence electrons. The van der Waals surface area contributed by atoms with Gasteiger partial charge in [0.2, 0.25) is 5.91 Å². The molecule has 5 aromatic rings. The molecule has 0 saturated heterocycles. The fourth-order valence-corrected chi connectivity index (χ4v) is 5.24. The first kappa shape index (κ1) is 29.6. The number of amides is 3. The summed E-state index contributed by atoms with van der Waals surface area (Å²) in [5, 5.41) is 10.3. The minimum atomic E-state index is -0.681. The summed E-state index contributed by atoms with van der Waals surface area (Å²) < 4.78 is 14.6. The zero-order chi connectivity index (χ0) is 30.2. The van der Waals surface area contributed by atoms with Crippen LogP contribution < -0.4 is 16.0 Å². The number of anilines is 2. The van der Waals surface area contributed by atoms with Crippen molar-refractivity contribution >= 4 is 69.3 Å². The van der Waals surface area contributed by atoms with Crippen molar-refractivity contribution in [3.05, 3.63) is 143 Å². The number of carbonyl (C=O) groups is 3. The molecule has 0 aliphatic carbocycles. The molecule has 0 aliphatic rings. The number of hydrogen-bond acceptors (Lipinski definition) is 4.